The Labute approximate surface area is 180 Å². The fraction of sp³-hybridized carbons (Fsp3) is 0.500. The van der Waals surface area contributed by atoms with E-state index in [-0.39, 0.29) is 12.3 Å². The van der Waals surface area contributed by atoms with E-state index in [2.05, 4.69) is 31.2 Å². The summed E-state index contributed by atoms with van der Waals surface area (Å²) >= 11 is 1.33. The van der Waals surface area contributed by atoms with Gasteiger partial charge in [0.25, 0.3) is 5.91 Å². The highest BCUT2D eigenvalue weighted by Crippen LogP contribution is 2.29. The third-order valence-corrected chi connectivity index (χ3v) is 5.78. The molecule has 0 atom stereocenters. The predicted octanol–water partition coefficient (Wildman–Crippen LogP) is 2.67. The van der Waals surface area contributed by atoms with Crippen molar-refractivity contribution in [2.45, 2.75) is 32.1 Å². The zero-order valence-corrected chi connectivity index (χ0v) is 17.9. The molecule has 0 bridgehead atoms. The highest BCUT2D eigenvalue weighted by Gasteiger charge is 2.22. The van der Waals surface area contributed by atoms with Crippen LogP contribution < -0.4 is 5.32 Å². The first-order chi connectivity index (χ1) is 14.5. The fourth-order valence-corrected chi connectivity index (χ4v) is 4.10. The van der Waals surface area contributed by atoms with Crippen molar-refractivity contribution in [3.05, 3.63) is 28.7 Å². The summed E-state index contributed by atoms with van der Waals surface area (Å²) in [4.78, 5) is 29.5. The Morgan fingerprint density at radius 2 is 2.07 bits per heavy atom. The largest absolute Gasteiger partial charge is 0.339 e. The first-order valence-corrected chi connectivity index (χ1v) is 10.7. The number of aromatic nitrogens is 3. The molecule has 1 aliphatic heterocycles. The average molecular weight is 425 g/mol. The summed E-state index contributed by atoms with van der Waals surface area (Å²) in [6.07, 6.45) is 2.21. The summed E-state index contributed by atoms with van der Waals surface area (Å²) in [7, 11) is 1.66. The van der Waals surface area contributed by atoms with E-state index in [4.69, 9.17) is 10.5 Å². The van der Waals surface area contributed by atoms with E-state index in [1.54, 1.807) is 12.4 Å². The number of carbonyl (C=O) groups excluding carboxylic acids is 1. The molecule has 10 heteroatoms. The molecule has 1 amide bonds. The van der Waals surface area contributed by atoms with E-state index in [9.17, 15) is 4.79 Å². The summed E-state index contributed by atoms with van der Waals surface area (Å²) in [5.41, 5.74) is 1.34. The van der Waals surface area contributed by atoms with E-state index in [1.165, 1.54) is 16.2 Å². The molecule has 156 valence electrons. The van der Waals surface area contributed by atoms with Gasteiger partial charge < -0.3 is 10.2 Å². The summed E-state index contributed by atoms with van der Waals surface area (Å²) < 4.78 is 0. The highest BCUT2D eigenvalue weighted by molar-refractivity contribution is 7.14. The molecule has 3 rings (SSSR count). The van der Waals surface area contributed by atoms with Gasteiger partial charge in [0, 0.05) is 36.7 Å². The number of nitrogens with zero attached hydrogens (tertiary/aromatic N) is 7. The minimum atomic E-state index is -0.210. The second-order valence-electron chi connectivity index (χ2n) is 7.23. The zero-order chi connectivity index (χ0) is 21.5. The van der Waals surface area contributed by atoms with E-state index >= 15 is 0 Å². The summed E-state index contributed by atoms with van der Waals surface area (Å²) in [6.45, 7) is 4.49. The smallest absolute Gasteiger partial charge is 0.273 e. The van der Waals surface area contributed by atoms with Gasteiger partial charge in [0.2, 0.25) is 0 Å². The van der Waals surface area contributed by atoms with E-state index in [0.717, 1.165) is 31.6 Å². The quantitative estimate of drug-likeness (QED) is 0.673. The second-order valence-corrected chi connectivity index (χ2v) is 8.09. The van der Waals surface area contributed by atoms with Crippen molar-refractivity contribution in [2.24, 2.45) is 0 Å². The minimum Gasteiger partial charge on any atom is -0.339 e. The maximum Gasteiger partial charge on any atom is 0.273 e. The van der Waals surface area contributed by atoms with Gasteiger partial charge in [0.15, 0.2) is 5.13 Å². The van der Waals surface area contributed by atoms with Crippen LogP contribution >= 0.6 is 11.3 Å². The lowest BCUT2D eigenvalue weighted by Gasteiger charge is -2.30. The highest BCUT2D eigenvalue weighted by atomic mass is 32.1. The van der Waals surface area contributed by atoms with Gasteiger partial charge in [-0.25, -0.2) is 15.0 Å². The number of thiazole rings is 1. The first kappa shape index (κ1) is 21.6. The minimum absolute atomic E-state index is 0.210. The number of nitrogens with one attached hydrogen (secondary N) is 1. The molecule has 1 N–H and O–H groups in total. The van der Waals surface area contributed by atoms with Gasteiger partial charge in [0.05, 0.1) is 25.1 Å². The summed E-state index contributed by atoms with van der Waals surface area (Å²) in [5.74, 6) is 1.46. The van der Waals surface area contributed by atoms with Crippen molar-refractivity contribution in [2.75, 3.05) is 38.5 Å². The SMILES string of the molecule is Cc1nc(Nc2nc(C(=O)N(C)CCC#N)cs2)cc(C2CCN(CC#N)CC2)n1. The maximum atomic E-state index is 12.4. The molecule has 0 radical (unpaired) electrons. The molecular formula is C20H24N8OS. The molecule has 0 aromatic carbocycles. The number of rotatable bonds is 7. The first-order valence-electron chi connectivity index (χ1n) is 9.80. The number of piperidine rings is 1. The predicted molar refractivity (Wildman–Crippen MR) is 113 cm³/mol. The van der Waals surface area contributed by atoms with Crippen LogP contribution in [0.15, 0.2) is 11.4 Å². The number of carbonyl (C=O) groups is 1. The second kappa shape index (κ2) is 10.1. The number of aryl methyl sites for hydroxylation is 1. The topological polar surface area (TPSA) is 122 Å². The van der Waals surface area contributed by atoms with E-state index < -0.39 is 0 Å². The Hall–Kier alpha value is -3.08. The summed E-state index contributed by atoms with van der Waals surface area (Å²) in [6, 6.07) is 6.19. The Bertz CT molecular complexity index is 968. The average Bonchev–Trinajstić information content (AvgIpc) is 3.20. The van der Waals surface area contributed by atoms with Crippen molar-refractivity contribution in [3.63, 3.8) is 0 Å². The summed E-state index contributed by atoms with van der Waals surface area (Å²) in [5, 5.41) is 23.0. The molecule has 3 heterocycles. The van der Waals surface area contributed by atoms with Crippen molar-refractivity contribution in [3.8, 4) is 12.1 Å². The lowest BCUT2D eigenvalue weighted by molar-refractivity contribution is 0.0793. The Morgan fingerprint density at radius 1 is 1.30 bits per heavy atom. The van der Waals surface area contributed by atoms with Crippen LogP contribution in [-0.2, 0) is 0 Å². The molecule has 2 aromatic rings. The van der Waals surface area contributed by atoms with Gasteiger partial charge >= 0.3 is 0 Å². The van der Waals surface area contributed by atoms with Crippen molar-refractivity contribution in [1.82, 2.24) is 24.8 Å². The van der Waals surface area contributed by atoms with Gasteiger partial charge in [-0.15, -0.1) is 11.3 Å². The molecular weight excluding hydrogens is 400 g/mol. The third kappa shape index (κ3) is 5.50. The Kier molecular flexibility index (Phi) is 7.28. The maximum absolute atomic E-state index is 12.4. The zero-order valence-electron chi connectivity index (χ0n) is 17.1. The molecule has 1 aliphatic rings. The van der Waals surface area contributed by atoms with Gasteiger partial charge in [0.1, 0.15) is 17.3 Å². The number of anilines is 2. The van der Waals surface area contributed by atoms with Gasteiger partial charge in [-0.05, 0) is 32.9 Å². The molecule has 2 aromatic heterocycles. The number of likely N-dealkylation sites (tertiary alicyclic amines) is 1. The van der Waals surface area contributed by atoms with Crippen LogP contribution in [0.3, 0.4) is 0 Å². The van der Waals surface area contributed by atoms with E-state index in [0.29, 0.717) is 41.5 Å². The van der Waals surface area contributed by atoms with Crippen molar-refractivity contribution < 1.29 is 4.79 Å². The van der Waals surface area contributed by atoms with Crippen molar-refractivity contribution >= 4 is 28.2 Å². The van der Waals surface area contributed by atoms with Crippen molar-refractivity contribution in [1.29, 1.82) is 10.5 Å². The molecule has 9 nitrogen and oxygen atoms in total. The van der Waals surface area contributed by atoms with Crippen LogP contribution in [0.5, 0.6) is 0 Å². The van der Waals surface area contributed by atoms with Crippen LogP contribution in [-0.4, -0.2) is 63.9 Å². The Morgan fingerprint density at radius 3 is 2.77 bits per heavy atom. The molecule has 0 spiro atoms. The van der Waals surface area contributed by atoms with Gasteiger partial charge in [-0.2, -0.15) is 10.5 Å². The molecule has 0 unspecified atom stereocenters. The number of hydrogen-bond acceptors (Lipinski definition) is 9. The van der Waals surface area contributed by atoms with Crippen LogP contribution in [0, 0.1) is 29.6 Å². The fourth-order valence-electron chi connectivity index (χ4n) is 3.40. The molecule has 1 saturated heterocycles. The number of amides is 1. The monoisotopic (exact) mass is 424 g/mol. The van der Waals surface area contributed by atoms with Crippen LogP contribution in [0.25, 0.3) is 0 Å². The van der Waals surface area contributed by atoms with Gasteiger partial charge in [-0.1, -0.05) is 0 Å². The molecule has 0 aliphatic carbocycles. The number of hydrogen-bond donors (Lipinski definition) is 1. The molecule has 0 saturated carbocycles. The lowest BCUT2D eigenvalue weighted by Crippen LogP contribution is -2.33. The Balaban J connectivity index is 1.67. The van der Waals surface area contributed by atoms with Crippen LogP contribution in [0.4, 0.5) is 10.9 Å². The molecule has 30 heavy (non-hydrogen) atoms. The van der Waals surface area contributed by atoms with Gasteiger partial charge in [-0.3, -0.25) is 9.69 Å². The van der Waals surface area contributed by atoms with Crippen LogP contribution in [0.1, 0.15) is 47.2 Å². The third-order valence-electron chi connectivity index (χ3n) is 5.02. The van der Waals surface area contributed by atoms with Crippen LogP contribution in [0.2, 0.25) is 0 Å². The normalized spacial score (nSPS) is 14.7. The lowest BCUT2D eigenvalue weighted by atomic mass is 9.93. The molecule has 1 fully saturated rings. The standard InChI is InChI=1S/C20H24N8OS/c1-14-23-16(15-4-9-28(10-5-15)11-7-22)12-18(24-14)26-20-25-17(13-30-20)19(29)27(2)8-3-6-21/h12-13,15H,3-5,8-11H2,1-2H3,(H,23,24,25,26). The number of nitriles is 2. The van der Waals surface area contributed by atoms with E-state index in [1.807, 2.05) is 19.1 Å².